The predicted molar refractivity (Wildman–Crippen MR) is 115 cm³/mol. The highest BCUT2D eigenvalue weighted by atomic mass is 32.2. The fourth-order valence-corrected chi connectivity index (χ4v) is 5.37. The number of nitrogens with zero attached hydrogens (tertiary/aromatic N) is 4. The van der Waals surface area contributed by atoms with Gasteiger partial charge in [0.05, 0.1) is 17.5 Å². The molecule has 3 aromatic rings. The van der Waals surface area contributed by atoms with Gasteiger partial charge >= 0.3 is 0 Å². The molecule has 2 heterocycles. The zero-order valence-corrected chi connectivity index (χ0v) is 17.5. The summed E-state index contributed by atoms with van der Waals surface area (Å²) in [4.78, 5) is 16.5. The lowest BCUT2D eigenvalue weighted by atomic mass is 10.1. The van der Waals surface area contributed by atoms with Crippen molar-refractivity contribution in [3.8, 4) is 0 Å². The SMILES string of the molecule is CC(C)n1cnnc1SCC(=O)N1c2ccccc2SC[C@@H]1c1ccccc1. The second-order valence-corrected chi connectivity index (χ2v) is 8.88. The molecule has 144 valence electrons. The summed E-state index contributed by atoms with van der Waals surface area (Å²) >= 11 is 3.25. The molecule has 1 aliphatic heterocycles. The van der Waals surface area contributed by atoms with Crippen molar-refractivity contribution in [2.24, 2.45) is 0 Å². The smallest absolute Gasteiger partial charge is 0.238 e. The molecule has 1 atom stereocenters. The second kappa shape index (κ2) is 8.41. The minimum Gasteiger partial charge on any atom is -0.306 e. The van der Waals surface area contributed by atoms with Gasteiger partial charge < -0.3 is 9.47 Å². The van der Waals surface area contributed by atoms with Crippen molar-refractivity contribution in [2.45, 2.75) is 36.0 Å². The third kappa shape index (κ3) is 3.82. The summed E-state index contributed by atoms with van der Waals surface area (Å²) in [6.07, 6.45) is 1.72. The molecular weight excluding hydrogens is 388 g/mol. The maximum atomic E-state index is 13.4. The fourth-order valence-electron chi connectivity index (χ4n) is 3.30. The lowest BCUT2D eigenvalue weighted by molar-refractivity contribution is -0.116. The van der Waals surface area contributed by atoms with E-state index in [0.29, 0.717) is 5.75 Å². The highest BCUT2D eigenvalue weighted by Gasteiger charge is 2.32. The molecule has 0 spiro atoms. The summed E-state index contributed by atoms with van der Waals surface area (Å²) in [6.45, 7) is 4.16. The van der Waals surface area contributed by atoms with Crippen LogP contribution in [0.3, 0.4) is 0 Å². The summed E-state index contributed by atoms with van der Waals surface area (Å²) in [5.41, 5.74) is 2.15. The van der Waals surface area contributed by atoms with E-state index in [-0.39, 0.29) is 18.0 Å². The summed E-state index contributed by atoms with van der Waals surface area (Å²) in [7, 11) is 0. The summed E-state index contributed by atoms with van der Waals surface area (Å²) in [5, 5.41) is 8.95. The number of carbonyl (C=O) groups excluding carboxylic acids is 1. The topological polar surface area (TPSA) is 51.0 Å². The molecule has 1 amide bonds. The van der Waals surface area contributed by atoms with Crippen molar-refractivity contribution < 1.29 is 4.79 Å². The molecule has 0 bridgehead atoms. The first-order valence-electron chi connectivity index (χ1n) is 9.26. The Kier molecular flexibility index (Phi) is 5.73. The highest BCUT2D eigenvalue weighted by molar-refractivity contribution is 8.00. The number of anilines is 1. The molecule has 0 N–H and O–H groups in total. The van der Waals surface area contributed by atoms with Crippen LogP contribution in [-0.4, -0.2) is 32.2 Å². The van der Waals surface area contributed by atoms with E-state index in [1.165, 1.54) is 11.8 Å². The number of aromatic nitrogens is 3. The van der Waals surface area contributed by atoms with Gasteiger partial charge in [-0.15, -0.1) is 22.0 Å². The van der Waals surface area contributed by atoms with Crippen LogP contribution in [0.1, 0.15) is 31.5 Å². The monoisotopic (exact) mass is 410 g/mol. The van der Waals surface area contributed by atoms with Crippen molar-refractivity contribution in [3.63, 3.8) is 0 Å². The van der Waals surface area contributed by atoms with Crippen molar-refractivity contribution in [3.05, 3.63) is 66.5 Å². The zero-order valence-electron chi connectivity index (χ0n) is 15.9. The lowest BCUT2D eigenvalue weighted by Gasteiger charge is -2.37. The Labute approximate surface area is 173 Å². The molecule has 4 rings (SSSR count). The number of benzene rings is 2. The third-order valence-corrected chi connectivity index (χ3v) is 6.79. The molecule has 7 heteroatoms. The van der Waals surface area contributed by atoms with Crippen LogP contribution in [0.15, 0.2) is 71.0 Å². The number of rotatable bonds is 5. The molecule has 5 nitrogen and oxygen atoms in total. The van der Waals surface area contributed by atoms with Crippen molar-refractivity contribution in [2.75, 3.05) is 16.4 Å². The van der Waals surface area contributed by atoms with Gasteiger partial charge in [0.2, 0.25) is 5.91 Å². The molecule has 1 aromatic heterocycles. The molecule has 0 saturated carbocycles. The Hall–Kier alpha value is -2.25. The first kappa shape index (κ1) is 19.1. The number of hydrogen-bond acceptors (Lipinski definition) is 5. The van der Waals surface area contributed by atoms with Crippen molar-refractivity contribution in [1.29, 1.82) is 0 Å². The standard InChI is InChI=1S/C21H22N4OS2/c1-15(2)24-14-22-23-21(24)28-13-20(26)25-17-10-6-7-11-19(17)27-12-18(25)16-8-4-3-5-9-16/h3-11,14-15,18H,12-13H2,1-2H3/t18-/m1/s1. The van der Waals surface area contributed by atoms with E-state index in [4.69, 9.17) is 0 Å². The Morgan fingerprint density at radius 1 is 1.18 bits per heavy atom. The number of carbonyl (C=O) groups is 1. The molecule has 0 aliphatic carbocycles. The van der Waals surface area contributed by atoms with Crippen LogP contribution in [0, 0.1) is 0 Å². The van der Waals surface area contributed by atoms with E-state index in [9.17, 15) is 4.79 Å². The van der Waals surface area contributed by atoms with Crippen LogP contribution in [0.4, 0.5) is 5.69 Å². The Bertz CT molecular complexity index is 958. The number of amides is 1. The first-order chi connectivity index (χ1) is 13.6. The maximum absolute atomic E-state index is 13.4. The van der Waals surface area contributed by atoms with E-state index in [1.807, 2.05) is 57.6 Å². The normalized spacial score (nSPS) is 16.2. The summed E-state index contributed by atoms with van der Waals surface area (Å²) in [6, 6.07) is 18.7. The summed E-state index contributed by atoms with van der Waals surface area (Å²) in [5.74, 6) is 1.26. The van der Waals surface area contributed by atoms with E-state index < -0.39 is 0 Å². The van der Waals surface area contributed by atoms with E-state index in [1.54, 1.807) is 6.33 Å². The average molecular weight is 411 g/mol. The highest BCUT2D eigenvalue weighted by Crippen LogP contribution is 2.43. The van der Waals surface area contributed by atoms with Crippen molar-refractivity contribution in [1.82, 2.24) is 14.8 Å². The Balaban J connectivity index is 1.61. The molecular formula is C21H22N4OS2. The van der Waals surface area contributed by atoms with Gasteiger partial charge in [-0.1, -0.05) is 54.2 Å². The van der Waals surface area contributed by atoms with Crippen LogP contribution >= 0.6 is 23.5 Å². The zero-order chi connectivity index (χ0) is 19.5. The molecule has 0 unspecified atom stereocenters. The van der Waals surface area contributed by atoms with Gasteiger partial charge in [-0.2, -0.15) is 0 Å². The van der Waals surface area contributed by atoms with Crippen LogP contribution in [0.5, 0.6) is 0 Å². The first-order valence-corrected chi connectivity index (χ1v) is 11.2. The van der Waals surface area contributed by atoms with Gasteiger partial charge in [0.25, 0.3) is 0 Å². The van der Waals surface area contributed by atoms with E-state index >= 15 is 0 Å². The van der Waals surface area contributed by atoms with Crippen LogP contribution in [-0.2, 0) is 4.79 Å². The summed E-state index contributed by atoms with van der Waals surface area (Å²) < 4.78 is 1.99. The van der Waals surface area contributed by atoms with Gasteiger partial charge in [-0.05, 0) is 31.5 Å². The number of hydrogen-bond donors (Lipinski definition) is 0. The molecule has 0 radical (unpaired) electrons. The Morgan fingerprint density at radius 3 is 2.71 bits per heavy atom. The predicted octanol–water partition coefficient (Wildman–Crippen LogP) is 4.83. The number of para-hydroxylation sites is 1. The second-order valence-electron chi connectivity index (χ2n) is 6.87. The average Bonchev–Trinajstić information content (AvgIpc) is 3.21. The van der Waals surface area contributed by atoms with Gasteiger partial charge in [0.15, 0.2) is 5.16 Å². The third-order valence-electron chi connectivity index (χ3n) is 4.71. The minimum atomic E-state index is 0.0252. The minimum absolute atomic E-state index is 0.0252. The maximum Gasteiger partial charge on any atom is 0.238 e. The van der Waals surface area contributed by atoms with Gasteiger partial charge in [0.1, 0.15) is 6.33 Å². The van der Waals surface area contributed by atoms with Gasteiger partial charge in [0, 0.05) is 16.7 Å². The van der Waals surface area contributed by atoms with Crippen molar-refractivity contribution >= 4 is 35.1 Å². The van der Waals surface area contributed by atoms with E-state index in [0.717, 1.165) is 27.1 Å². The molecule has 0 fully saturated rings. The quantitative estimate of drug-likeness (QED) is 0.564. The fraction of sp³-hybridized carbons (Fsp3) is 0.286. The van der Waals surface area contributed by atoms with Crippen LogP contribution in [0.25, 0.3) is 0 Å². The molecule has 28 heavy (non-hydrogen) atoms. The molecule has 0 saturated heterocycles. The lowest BCUT2D eigenvalue weighted by Crippen LogP contribution is -2.39. The van der Waals surface area contributed by atoms with Crippen LogP contribution < -0.4 is 4.90 Å². The van der Waals surface area contributed by atoms with E-state index in [2.05, 4.69) is 42.2 Å². The van der Waals surface area contributed by atoms with Gasteiger partial charge in [-0.3, -0.25) is 4.79 Å². The number of fused-ring (bicyclic) bond motifs is 1. The van der Waals surface area contributed by atoms with Gasteiger partial charge in [-0.25, -0.2) is 0 Å². The molecule has 1 aliphatic rings. The van der Waals surface area contributed by atoms with Crippen LogP contribution in [0.2, 0.25) is 0 Å². The Morgan fingerprint density at radius 2 is 1.93 bits per heavy atom. The molecule has 2 aromatic carbocycles. The largest absolute Gasteiger partial charge is 0.306 e. The number of thioether (sulfide) groups is 2.